The Morgan fingerprint density at radius 2 is 1.48 bits per heavy atom. The molecule has 5 heteroatoms. The first-order valence-corrected chi connectivity index (χ1v) is 12.4. The standard InChI is InChI=1S/C24H32O4Si/c1-23(2,3)29(18-12-8-6-9-13-18,19-14-10-7-11-15-19)26-17-20-22-21(16-25-20)27-24(4,5)28-22/h6-15,20-22H,16-17H2,1-5H3/t20-,21-,22+/m0/s1. The normalized spacial score (nSPS) is 26.4. The van der Waals surface area contributed by atoms with Gasteiger partial charge in [0.15, 0.2) is 5.79 Å². The van der Waals surface area contributed by atoms with E-state index in [0.29, 0.717) is 13.2 Å². The summed E-state index contributed by atoms with van der Waals surface area (Å²) in [5.74, 6) is -0.561. The maximum atomic E-state index is 7.00. The fraction of sp³-hybridized carbons (Fsp3) is 0.500. The number of ether oxygens (including phenoxy) is 3. The summed E-state index contributed by atoms with van der Waals surface area (Å²) in [5, 5.41) is 2.49. The highest BCUT2D eigenvalue weighted by atomic mass is 28.4. The lowest BCUT2D eigenvalue weighted by Gasteiger charge is -2.43. The lowest BCUT2D eigenvalue weighted by molar-refractivity contribution is -0.177. The summed E-state index contributed by atoms with van der Waals surface area (Å²) in [7, 11) is -2.57. The Balaban J connectivity index is 1.68. The Labute approximate surface area is 175 Å². The van der Waals surface area contributed by atoms with Gasteiger partial charge in [0.1, 0.15) is 18.3 Å². The third-order valence-corrected chi connectivity index (χ3v) is 10.9. The van der Waals surface area contributed by atoms with Gasteiger partial charge >= 0.3 is 0 Å². The van der Waals surface area contributed by atoms with E-state index in [2.05, 4.69) is 81.4 Å². The molecule has 0 aromatic heterocycles. The zero-order valence-electron chi connectivity index (χ0n) is 18.1. The van der Waals surface area contributed by atoms with Crippen LogP contribution in [0.1, 0.15) is 34.6 Å². The minimum absolute atomic E-state index is 0.0160. The van der Waals surface area contributed by atoms with Gasteiger partial charge in [-0.2, -0.15) is 0 Å². The minimum Gasteiger partial charge on any atom is -0.405 e. The second-order valence-corrected chi connectivity index (χ2v) is 13.8. The molecule has 156 valence electrons. The van der Waals surface area contributed by atoms with Crippen LogP contribution in [0.2, 0.25) is 5.04 Å². The topological polar surface area (TPSA) is 36.9 Å². The van der Waals surface area contributed by atoms with Gasteiger partial charge in [-0.25, -0.2) is 0 Å². The Morgan fingerprint density at radius 3 is 2.00 bits per heavy atom. The highest BCUT2D eigenvalue weighted by Crippen LogP contribution is 2.39. The van der Waals surface area contributed by atoms with Crippen molar-refractivity contribution in [3.8, 4) is 0 Å². The molecule has 2 aliphatic heterocycles. The fourth-order valence-corrected chi connectivity index (χ4v) is 9.30. The van der Waals surface area contributed by atoms with Crippen molar-refractivity contribution in [2.24, 2.45) is 0 Å². The molecule has 0 bridgehead atoms. The highest BCUT2D eigenvalue weighted by molar-refractivity contribution is 6.99. The number of hydrogen-bond acceptors (Lipinski definition) is 4. The van der Waals surface area contributed by atoms with E-state index < -0.39 is 14.1 Å². The van der Waals surface area contributed by atoms with Crippen LogP contribution in [0.5, 0.6) is 0 Å². The van der Waals surface area contributed by atoms with Crippen LogP contribution in [0.25, 0.3) is 0 Å². The van der Waals surface area contributed by atoms with Crippen LogP contribution >= 0.6 is 0 Å². The molecule has 0 amide bonds. The molecule has 0 spiro atoms. The van der Waals surface area contributed by atoms with Crippen molar-refractivity contribution in [2.75, 3.05) is 13.2 Å². The van der Waals surface area contributed by atoms with Crippen LogP contribution in [-0.2, 0) is 18.6 Å². The molecule has 3 atom stereocenters. The molecule has 4 nitrogen and oxygen atoms in total. The van der Waals surface area contributed by atoms with Crippen LogP contribution in [0.3, 0.4) is 0 Å². The first kappa shape index (κ1) is 20.8. The van der Waals surface area contributed by atoms with E-state index in [0.717, 1.165) is 0 Å². The van der Waals surface area contributed by atoms with Crippen molar-refractivity contribution in [1.82, 2.24) is 0 Å². The Bertz CT molecular complexity index is 776. The van der Waals surface area contributed by atoms with E-state index in [1.807, 2.05) is 13.8 Å². The molecule has 0 unspecified atom stereocenters. The maximum Gasteiger partial charge on any atom is 0.261 e. The molecule has 2 heterocycles. The van der Waals surface area contributed by atoms with E-state index in [-0.39, 0.29) is 23.4 Å². The summed E-state index contributed by atoms with van der Waals surface area (Å²) in [6, 6.07) is 21.4. The predicted molar refractivity (Wildman–Crippen MR) is 117 cm³/mol. The van der Waals surface area contributed by atoms with Gasteiger partial charge in [0, 0.05) is 0 Å². The summed E-state index contributed by atoms with van der Waals surface area (Å²) in [4.78, 5) is 0. The van der Waals surface area contributed by atoms with Gasteiger partial charge in [-0.1, -0.05) is 81.4 Å². The first-order valence-electron chi connectivity index (χ1n) is 10.5. The lowest BCUT2D eigenvalue weighted by Crippen LogP contribution is -2.67. The molecular weight excluding hydrogens is 380 g/mol. The molecule has 2 aliphatic rings. The summed E-state index contributed by atoms with van der Waals surface area (Å²) in [6.07, 6.45) is -0.218. The molecule has 29 heavy (non-hydrogen) atoms. The highest BCUT2D eigenvalue weighted by Gasteiger charge is 2.54. The van der Waals surface area contributed by atoms with E-state index in [1.165, 1.54) is 10.4 Å². The average molecular weight is 413 g/mol. The number of fused-ring (bicyclic) bond motifs is 1. The van der Waals surface area contributed by atoms with E-state index >= 15 is 0 Å². The third-order valence-electron chi connectivity index (χ3n) is 5.94. The maximum absolute atomic E-state index is 7.00. The zero-order valence-corrected chi connectivity index (χ0v) is 19.1. The monoisotopic (exact) mass is 412 g/mol. The van der Waals surface area contributed by atoms with Crippen molar-refractivity contribution in [2.45, 2.75) is 63.8 Å². The molecule has 0 radical (unpaired) electrons. The van der Waals surface area contributed by atoms with Gasteiger partial charge in [0.2, 0.25) is 0 Å². The first-order chi connectivity index (χ1) is 13.7. The van der Waals surface area contributed by atoms with Gasteiger partial charge in [-0.15, -0.1) is 0 Å². The molecule has 2 aromatic carbocycles. The van der Waals surface area contributed by atoms with Crippen molar-refractivity contribution < 1.29 is 18.6 Å². The van der Waals surface area contributed by atoms with Crippen LogP contribution in [0.4, 0.5) is 0 Å². The summed E-state index contributed by atoms with van der Waals surface area (Å²) in [6.45, 7) is 11.8. The SMILES string of the molecule is CC1(C)O[C@@H]2[C@H](CO[Si](c3ccccc3)(c3ccccc3)C(C)(C)C)OC[C@@H]2O1. The Morgan fingerprint density at radius 1 is 0.931 bits per heavy atom. The molecule has 2 fully saturated rings. The van der Waals surface area contributed by atoms with Gasteiger partial charge in [0.05, 0.1) is 13.2 Å². The summed E-state index contributed by atoms with van der Waals surface area (Å²) in [5.41, 5.74) is 0. The van der Waals surface area contributed by atoms with Crippen molar-refractivity contribution >= 4 is 18.7 Å². The van der Waals surface area contributed by atoms with Gasteiger partial charge in [-0.3, -0.25) is 0 Å². The smallest absolute Gasteiger partial charge is 0.261 e. The number of hydrogen-bond donors (Lipinski definition) is 0. The molecule has 0 aliphatic carbocycles. The largest absolute Gasteiger partial charge is 0.405 e. The molecule has 0 N–H and O–H groups in total. The second-order valence-electron chi connectivity index (χ2n) is 9.48. The Hall–Kier alpha value is -1.50. The average Bonchev–Trinajstić information content (AvgIpc) is 3.18. The van der Waals surface area contributed by atoms with Gasteiger partial charge in [0.25, 0.3) is 8.32 Å². The molecule has 2 aromatic rings. The van der Waals surface area contributed by atoms with Crippen LogP contribution in [0.15, 0.2) is 60.7 Å². The summed E-state index contributed by atoms with van der Waals surface area (Å²) >= 11 is 0. The van der Waals surface area contributed by atoms with E-state index in [1.54, 1.807) is 0 Å². The summed E-state index contributed by atoms with van der Waals surface area (Å²) < 4.78 is 25.2. The van der Waals surface area contributed by atoms with Crippen LogP contribution in [-0.4, -0.2) is 45.6 Å². The Kier molecular flexibility index (Phi) is 5.47. The lowest BCUT2D eigenvalue weighted by atomic mass is 10.2. The van der Waals surface area contributed by atoms with Crippen molar-refractivity contribution in [1.29, 1.82) is 0 Å². The van der Waals surface area contributed by atoms with Crippen LogP contribution in [0, 0.1) is 0 Å². The molecule has 2 saturated heterocycles. The second kappa shape index (κ2) is 7.64. The van der Waals surface area contributed by atoms with Crippen molar-refractivity contribution in [3.63, 3.8) is 0 Å². The zero-order chi connectivity index (χ0) is 20.7. The van der Waals surface area contributed by atoms with E-state index in [4.69, 9.17) is 18.6 Å². The van der Waals surface area contributed by atoms with E-state index in [9.17, 15) is 0 Å². The quantitative estimate of drug-likeness (QED) is 0.705. The molecule has 0 saturated carbocycles. The number of benzene rings is 2. The fourth-order valence-electron chi connectivity index (χ4n) is 4.73. The van der Waals surface area contributed by atoms with Crippen molar-refractivity contribution in [3.05, 3.63) is 60.7 Å². The molecular formula is C24H32O4Si. The predicted octanol–water partition coefficient (Wildman–Crippen LogP) is 3.48. The minimum atomic E-state index is -2.57. The number of rotatable bonds is 5. The molecule has 4 rings (SSSR count). The van der Waals surface area contributed by atoms with Gasteiger partial charge in [-0.05, 0) is 29.3 Å². The van der Waals surface area contributed by atoms with Crippen LogP contribution < -0.4 is 10.4 Å². The third kappa shape index (κ3) is 3.82. The van der Waals surface area contributed by atoms with Gasteiger partial charge < -0.3 is 18.6 Å².